The van der Waals surface area contributed by atoms with E-state index in [0.29, 0.717) is 5.56 Å². The summed E-state index contributed by atoms with van der Waals surface area (Å²) in [7, 11) is -4.23. The van der Waals surface area contributed by atoms with E-state index in [0.717, 1.165) is 6.92 Å². The maximum Gasteiger partial charge on any atom is 0.303 e. The zero-order valence-electron chi connectivity index (χ0n) is 18.9. The number of hydrogen-bond donors (Lipinski definition) is 0. The van der Waals surface area contributed by atoms with E-state index in [9.17, 15) is 18.0 Å². The molecule has 12 nitrogen and oxygen atoms in total. The van der Waals surface area contributed by atoms with Gasteiger partial charge in [0.15, 0.2) is 18.2 Å². The molecule has 15 heteroatoms. The minimum Gasteiger partial charge on any atom is -0.463 e. The highest BCUT2D eigenvalue weighted by Crippen LogP contribution is 2.40. The Morgan fingerprint density at radius 1 is 1.08 bits per heavy atom. The summed E-state index contributed by atoms with van der Waals surface area (Å²) in [6.07, 6.45) is -4.06. The highest BCUT2D eigenvalue weighted by Gasteiger charge is 2.52. The van der Waals surface area contributed by atoms with Crippen molar-refractivity contribution in [1.29, 1.82) is 0 Å². The Hall–Kier alpha value is -2.84. The monoisotopic (exact) mass is 558 g/mol. The molecule has 3 aliphatic heterocycles. The third-order valence-corrected chi connectivity index (χ3v) is 6.95. The number of esters is 2. The molecule has 0 unspecified atom stereocenters. The molecule has 0 spiro atoms. The van der Waals surface area contributed by atoms with Crippen LogP contribution in [0.1, 0.15) is 25.6 Å². The Morgan fingerprint density at radius 3 is 2.47 bits per heavy atom. The molecule has 1 aromatic rings. The van der Waals surface area contributed by atoms with Crippen molar-refractivity contribution in [2.45, 2.75) is 44.1 Å². The number of hydrogen-bond acceptors (Lipinski definition) is 11. The van der Waals surface area contributed by atoms with Crippen LogP contribution in [-0.2, 0) is 43.9 Å². The molecule has 3 heterocycles. The maximum atomic E-state index is 13.0. The third-order valence-electron chi connectivity index (χ3n) is 5.12. The Labute approximate surface area is 215 Å². The number of nitrogens with zero attached hydrogens (tertiary/aromatic N) is 4. The van der Waals surface area contributed by atoms with Crippen molar-refractivity contribution in [2.75, 3.05) is 6.61 Å². The molecule has 3 aliphatic rings. The van der Waals surface area contributed by atoms with Crippen molar-refractivity contribution < 1.29 is 36.4 Å². The smallest absolute Gasteiger partial charge is 0.303 e. The molecule has 4 rings (SSSR count). The number of benzene rings is 1. The molecule has 4 atom stereocenters. The summed E-state index contributed by atoms with van der Waals surface area (Å²) in [6, 6.07) is 8.34. The molecule has 0 saturated carbocycles. The zero-order valence-corrected chi connectivity index (χ0v) is 21.2. The van der Waals surface area contributed by atoms with Gasteiger partial charge in [-0.3, -0.25) is 18.3 Å². The molecule has 192 valence electrons. The van der Waals surface area contributed by atoms with Gasteiger partial charge in [-0.2, -0.15) is 13.4 Å². The van der Waals surface area contributed by atoms with Gasteiger partial charge in [-0.05, 0) is 17.2 Å². The summed E-state index contributed by atoms with van der Waals surface area (Å²) in [5, 5.41) is -0.252. The van der Waals surface area contributed by atoms with Crippen LogP contribution in [-0.4, -0.2) is 64.8 Å². The van der Waals surface area contributed by atoms with Crippen LogP contribution in [0.4, 0.5) is 0 Å². The molecule has 36 heavy (non-hydrogen) atoms. The van der Waals surface area contributed by atoms with E-state index in [4.69, 9.17) is 41.6 Å². The van der Waals surface area contributed by atoms with Gasteiger partial charge in [-0.1, -0.05) is 41.9 Å². The number of halogens is 2. The number of aromatic nitrogens is 4. The molecule has 0 amide bonds. The van der Waals surface area contributed by atoms with Crippen LogP contribution in [0.5, 0.6) is 0 Å². The van der Waals surface area contributed by atoms with Gasteiger partial charge in [0.05, 0.1) is 0 Å². The molecule has 0 radical (unpaired) electrons. The average Bonchev–Trinajstić information content (AvgIpc) is 3.38. The van der Waals surface area contributed by atoms with Gasteiger partial charge in [-0.25, -0.2) is 9.97 Å². The van der Waals surface area contributed by atoms with Gasteiger partial charge in [0.1, 0.15) is 41.7 Å². The molecular formula is C21H20Cl2N4O8S. The van der Waals surface area contributed by atoms with Crippen LogP contribution in [0.2, 0.25) is 10.4 Å². The fourth-order valence-corrected chi connectivity index (χ4v) is 5.56. The van der Waals surface area contributed by atoms with Gasteiger partial charge < -0.3 is 14.2 Å². The molecule has 0 N–H and O–H groups in total. The highest BCUT2D eigenvalue weighted by molar-refractivity contribution is 7.85. The van der Waals surface area contributed by atoms with Gasteiger partial charge in [-0.15, -0.1) is 0 Å². The van der Waals surface area contributed by atoms with Gasteiger partial charge >= 0.3 is 11.9 Å². The van der Waals surface area contributed by atoms with Crippen molar-refractivity contribution in [3.63, 3.8) is 0 Å². The van der Waals surface area contributed by atoms with Gasteiger partial charge in [0.25, 0.3) is 10.1 Å². The molecule has 0 aliphatic carbocycles. The average molecular weight is 559 g/mol. The summed E-state index contributed by atoms with van der Waals surface area (Å²) in [4.78, 5) is 35.6. The van der Waals surface area contributed by atoms with Crippen LogP contribution in [0.3, 0.4) is 0 Å². The highest BCUT2D eigenvalue weighted by atomic mass is 35.5. The Morgan fingerprint density at radius 2 is 1.81 bits per heavy atom. The zero-order chi connectivity index (χ0) is 26.0. The summed E-state index contributed by atoms with van der Waals surface area (Å²) >= 11 is 12.9. The first-order chi connectivity index (χ1) is 17.1. The summed E-state index contributed by atoms with van der Waals surface area (Å²) in [6.45, 7) is 1.90. The van der Waals surface area contributed by atoms with Gasteiger partial charge in [0, 0.05) is 13.8 Å². The second-order valence-electron chi connectivity index (χ2n) is 7.78. The number of carbonyl (C=O) groups is 2. The van der Waals surface area contributed by atoms with Crippen molar-refractivity contribution in [1.82, 2.24) is 19.5 Å². The topological polar surface area (TPSA) is 149 Å². The second kappa shape index (κ2) is 10.6. The summed E-state index contributed by atoms with van der Waals surface area (Å²) < 4.78 is 49.1. The van der Waals surface area contributed by atoms with E-state index in [2.05, 4.69) is 15.0 Å². The number of rotatable bonds is 8. The lowest BCUT2D eigenvalue weighted by atomic mass is 10.1. The minimum absolute atomic E-state index is 0.0521. The van der Waals surface area contributed by atoms with Crippen molar-refractivity contribution in [3.05, 3.63) is 52.7 Å². The number of carbonyl (C=O) groups excluding carboxylic acids is 2. The first-order valence-electron chi connectivity index (χ1n) is 10.5. The summed E-state index contributed by atoms with van der Waals surface area (Å²) in [5.74, 6) is -1.70. The van der Waals surface area contributed by atoms with E-state index < -0.39 is 59.0 Å². The van der Waals surface area contributed by atoms with E-state index in [1.165, 1.54) is 17.8 Å². The number of ether oxygens (including phenoxy) is 3. The van der Waals surface area contributed by atoms with Crippen molar-refractivity contribution in [3.8, 4) is 11.5 Å². The predicted octanol–water partition coefficient (Wildman–Crippen LogP) is 2.39. The van der Waals surface area contributed by atoms with Gasteiger partial charge in [0.2, 0.25) is 5.28 Å². The molecule has 0 bridgehead atoms. The van der Waals surface area contributed by atoms with E-state index >= 15 is 0 Å². The van der Waals surface area contributed by atoms with E-state index in [1.807, 2.05) is 0 Å². The first-order valence-corrected chi connectivity index (χ1v) is 12.8. The summed E-state index contributed by atoms with van der Waals surface area (Å²) in [5.41, 5.74) is 0.655. The molecule has 1 saturated heterocycles. The quantitative estimate of drug-likeness (QED) is 0.173. The molecule has 1 aromatic carbocycles. The van der Waals surface area contributed by atoms with Crippen LogP contribution < -0.4 is 0 Å². The fraction of sp³-hybridized carbons (Fsp3) is 0.381. The SMILES string of the molecule is CC(=O)OC[C@H]1O[C@@H](n2c(Cl)nc3ncnc-3c2Cl)[C@H](OC(C)=O)[C@H]1OS(=O)(=O)Cc1ccccc1. The van der Waals surface area contributed by atoms with Crippen LogP contribution in [0, 0.1) is 0 Å². The lowest BCUT2D eigenvalue weighted by Gasteiger charge is -2.26. The Kier molecular flexibility index (Phi) is 7.76. The van der Waals surface area contributed by atoms with Crippen LogP contribution in [0.25, 0.3) is 11.5 Å². The maximum absolute atomic E-state index is 13.0. The lowest BCUT2D eigenvalue weighted by Crippen LogP contribution is -2.41. The standard InChI is InChI=1S/C21H20Cl2N4O8S/c1-11(28)32-8-14-16(35-36(30,31)9-13-6-4-3-5-7-13)17(33-12(2)29)20(34-14)27-18(22)15-19(25-10-24-15)26-21(27)23/h3-7,10,14,16-17,20H,8-9H2,1-2H3/t14-,16+,17-,20-/m1/s1. The lowest BCUT2D eigenvalue weighted by molar-refractivity contribution is -0.155. The molecule has 0 aromatic heterocycles. The van der Waals surface area contributed by atoms with Crippen molar-refractivity contribution >= 4 is 45.3 Å². The molecular weight excluding hydrogens is 539 g/mol. The Balaban J connectivity index is 1.74. The predicted molar refractivity (Wildman–Crippen MR) is 124 cm³/mol. The third kappa shape index (κ3) is 5.76. The minimum atomic E-state index is -4.23. The largest absolute Gasteiger partial charge is 0.463 e. The normalized spacial score (nSPS) is 22.0. The number of imidazole rings is 1. The van der Waals surface area contributed by atoms with E-state index in [-0.39, 0.29) is 22.0 Å². The second-order valence-corrected chi connectivity index (χ2v) is 10.1. The Bertz CT molecular complexity index is 1340. The number of fused-ring (bicyclic) bond motifs is 1. The van der Waals surface area contributed by atoms with Crippen LogP contribution >= 0.6 is 23.2 Å². The van der Waals surface area contributed by atoms with Crippen molar-refractivity contribution in [2.24, 2.45) is 0 Å². The van der Waals surface area contributed by atoms with E-state index in [1.54, 1.807) is 30.3 Å². The first kappa shape index (κ1) is 26.2. The van der Waals surface area contributed by atoms with Crippen LogP contribution in [0.15, 0.2) is 36.7 Å². The fourth-order valence-electron chi connectivity index (χ4n) is 3.71. The molecule has 1 fully saturated rings.